The molecule has 16 heavy (non-hydrogen) atoms. The molecule has 0 spiro atoms. The molecule has 3 rings (SSSR count). The summed E-state index contributed by atoms with van der Waals surface area (Å²) in [5.74, 6) is 0. The Balaban J connectivity index is 2.30. The van der Waals surface area contributed by atoms with Gasteiger partial charge in [-0.3, -0.25) is 0 Å². The number of aryl methyl sites for hydroxylation is 1. The Morgan fingerprint density at radius 1 is 1.44 bits per heavy atom. The van der Waals surface area contributed by atoms with Crippen LogP contribution in [0.5, 0.6) is 0 Å². The van der Waals surface area contributed by atoms with E-state index in [0.717, 1.165) is 30.2 Å². The highest BCUT2D eigenvalue weighted by Crippen LogP contribution is 2.28. The van der Waals surface area contributed by atoms with Gasteiger partial charge < -0.3 is 9.88 Å². The van der Waals surface area contributed by atoms with Crippen LogP contribution in [0.2, 0.25) is 0 Å². The zero-order valence-electron chi connectivity index (χ0n) is 9.58. The molecule has 1 aliphatic heterocycles. The summed E-state index contributed by atoms with van der Waals surface area (Å²) in [7, 11) is 2.13. The van der Waals surface area contributed by atoms with E-state index in [-0.39, 0.29) is 0 Å². The molecule has 0 aromatic carbocycles. The van der Waals surface area contributed by atoms with Crippen molar-refractivity contribution in [1.29, 1.82) is 0 Å². The molecule has 0 saturated carbocycles. The van der Waals surface area contributed by atoms with Crippen molar-refractivity contribution in [2.75, 3.05) is 12.8 Å². The fraction of sp³-hybridized carbons (Fsp3) is 0.417. The van der Waals surface area contributed by atoms with Crippen LogP contribution in [0.3, 0.4) is 0 Å². The molecule has 0 saturated heterocycles. The lowest BCUT2D eigenvalue weighted by Gasteiger charge is -2.14. The van der Waals surface area contributed by atoms with Gasteiger partial charge >= 0.3 is 0 Å². The van der Waals surface area contributed by atoms with Crippen LogP contribution in [0.25, 0.3) is 11.0 Å². The molecule has 0 amide bonds. The smallest absolute Gasteiger partial charge is 0.141 e. The summed E-state index contributed by atoms with van der Waals surface area (Å²) in [4.78, 5) is 4.70. The number of hydrogen-bond donors (Lipinski definition) is 1. The molecule has 2 aromatic heterocycles. The first kappa shape index (κ1) is 10.2. The summed E-state index contributed by atoms with van der Waals surface area (Å²) in [5, 5.41) is 5.83. The van der Waals surface area contributed by atoms with Gasteiger partial charge in [0.2, 0.25) is 0 Å². The summed E-state index contributed by atoms with van der Waals surface area (Å²) < 4.78 is 2.26. The Labute approximate surface area is 99.2 Å². The van der Waals surface area contributed by atoms with Crippen molar-refractivity contribution in [3.05, 3.63) is 23.4 Å². The molecule has 4 heteroatoms. The van der Waals surface area contributed by atoms with E-state index in [4.69, 9.17) is 4.98 Å². The third kappa shape index (κ3) is 1.37. The van der Waals surface area contributed by atoms with Gasteiger partial charge in [0.25, 0.3) is 0 Å². The molecule has 0 atom stereocenters. The van der Waals surface area contributed by atoms with Gasteiger partial charge in [-0.05, 0) is 24.0 Å². The largest absolute Gasteiger partial charge is 0.332 e. The van der Waals surface area contributed by atoms with E-state index in [1.165, 1.54) is 16.6 Å². The second kappa shape index (κ2) is 3.79. The maximum Gasteiger partial charge on any atom is 0.141 e. The van der Waals surface area contributed by atoms with Crippen molar-refractivity contribution in [3.63, 3.8) is 0 Å². The lowest BCUT2D eigenvalue weighted by atomic mass is 10.1. The number of fused-ring (bicyclic) bond motifs is 3. The highest BCUT2D eigenvalue weighted by atomic mass is 32.2. The molecular formula is C12H15N3S. The molecule has 1 N–H and O–H groups in total. The summed E-state index contributed by atoms with van der Waals surface area (Å²) >= 11 is 1.70. The zero-order valence-corrected chi connectivity index (χ0v) is 10.4. The van der Waals surface area contributed by atoms with E-state index in [1.807, 2.05) is 0 Å². The van der Waals surface area contributed by atoms with Crippen LogP contribution < -0.4 is 5.32 Å². The molecule has 3 nitrogen and oxygen atoms in total. The predicted molar refractivity (Wildman–Crippen MR) is 67.9 cm³/mol. The minimum atomic E-state index is 0.979. The SMILES string of the molecule is CSc1ccc2c3c(n(C)c2n1)CCNC3. The van der Waals surface area contributed by atoms with E-state index in [0.29, 0.717) is 0 Å². The van der Waals surface area contributed by atoms with E-state index < -0.39 is 0 Å². The van der Waals surface area contributed by atoms with Crippen LogP contribution in [0.15, 0.2) is 17.2 Å². The predicted octanol–water partition coefficient (Wildman–Crippen LogP) is 1.94. The quantitative estimate of drug-likeness (QED) is 0.763. The van der Waals surface area contributed by atoms with Crippen molar-refractivity contribution in [1.82, 2.24) is 14.9 Å². The second-order valence-electron chi connectivity index (χ2n) is 4.14. The minimum Gasteiger partial charge on any atom is -0.332 e. The van der Waals surface area contributed by atoms with Crippen molar-refractivity contribution in [2.45, 2.75) is 18.0 Å². The van der Waals surface area contributed by atoms with Gasteiger partial charge in [0.1, 0.15) is 5.65 Å². The lowest BCUT2D eigenvalue weighted by Crippen LogP contribution is -2.24. The van der Waals surface area contributed by atoms with E-state index in [9.17, 15) is 0 Å². The average molecular weight is 233 g/mol. The number of hydrogen-bond acceptors (Lipinski definition) is 3. The molecule has 84 valence electrons. The molecule has 0 fully saturated rings. The normalized spacial score (nSPS) is 15.4. The average Bonchev–Trinajstić information content (AvgIpc) is 2.64. The fourth-order valence-electron chi connectivity index (χ4n) is 2.46. The van der Waals surface area contributed by atoms with Crippen molar-refractivity contribution < 1.29 is 0 Å². The first-order valence-electron chi connectivity index (χ1n) is 5.53. The van der Waals surface area contributed by atoms with Crippen molar-refractivity contribution in [2.24, 2.45) is 7.05 Å². The van der Waals surface area contributed by atoms with Gasteiger partial charge in [-0.15, -0.1) is 11.8 Å². The molecule has 1 aliphatic rings. The maximum atomic E-state index is 4.70. The van der Waals surface area contributed by atoms with Crippen molar-refractivity contribution in [3.8, 4) is 0 Å². The van der Waals surface area contributed by atoms with E-state index >= 15 is 0 Å². The molecular weight excluding hydrogens is 218 g/mol. The van der Waals surface area contributed by atoms with E-state index in [1.54, 1.807) is 11.8 Å². The number of aromatic nitrogens is 2. The summed E-state index contributed by atoms with van der Waals surface area (Å²) in [6.45, 7) is 2.06. The Kier molecular flexibility index (Phi) is 2.41. The fourth-order valence-corrected chi connectivity index (χ4v) is 2.84. The zero-order chi connectivity index (χ0) is 11.1. The molecule has 0 unspecified atom stereocenters. The Morgan fingerprint density at radius 2 is 2.31 bits per heavy atom. The number of nitrogens with zero attached hydrogens (tertiary/aromatic N) is 2. The Hall–Kier alpha value is -1.00. The standard InChI is InChI=1S/C12H15N3S/c1-15-10-5-6-13-7-9(10)8-3-4-11(16-2)14-12(8)15/h3-4,13H,5-7H2,1-2H3. The van der Waals surface area contributed by atoms with Crippen LogP contribution in [0.4, 0.5) is 0 Å². The first-order chi connectivity index (χ1) is 7.81. The third-order valence-electron chi connectivity index (χ3n) is 3.30. The number of rotatable bonds is 1. The Morgan fingerprint density at radius 3 is 3.12 bits per heavy atom. The van der Waals surface area contributed by atoms with Crippen LogP contribution in [0, 0.1) is 0 Å². The van der Waals surface area contributed by atoms with Gasteiger partial charge in [0, 0.05) is 37.6 Å². The van der Waals surface area contributed by atoms with Crippen LogP contribution in [-0.2, 0) is 20.0 Å². The van der Waals surface area contributed by atoms with Gasteiger partial charge in [-0.1, -0.05) is 0 Å². The van der Waals surface area contributed by atoms with Gasteiger partial charge in [0.15, 0.2) is 0 Å². The van der Waals surface area contributed by atoms with Crippen molar-refractivity contribution >= 4 is 22.8 Å². The molecule has 0 bridgehead atoms. The summed E-state index contributed by atoms with van der Waals surface area (Å²) in [6.07, 6.45) is 3.18. The minimum absolute atomic E-state index is 0.979. The van der Waals surface area contributed by atoms with Gasteiger partial charge in [-0.2, -0.15) is 0 Å². The number of pyridine rings is 1. The summed E-state index contributed by atoms with van der Waals surface area (Å²) in [6, 6.07) is 4.32. The maximum absolute atomic E-state index is 4.70. The monoisotopic (exact) mass is 233 g/mol. The van der Waals surface area contributed by atoms with E-state index in [2.05, 4.69) is 35.3 Å². The number of thioether (sulfide) groups is 1. The molecule has 3 heterocycles. The topological polar surface area (TPSA) is 29.9 Å². The highest BCUT2D eigenvalue weighted by molar-refractivity contribution is 7.98. The van der Waals surface area contributed by atoms with Gasteiger partial charge in [-0.25, -0.2) is 4.98 Å². The Bertz CT molecular complexity index is 545. The molecule has 2 aromatic rings. The molecule has 0 radical (unpaired) electrons. The summed E-state index contributed by atoms with van der Waals surface area (Å²) in [5.41, 5.74) is 4.00. The lowest BCUT2D eigenvalue weighted by molar-refractivity contribution is 0.621. The molecule has 0 aliphatic carbocycles. The third-order valence-corrected chi connectivity index (χ3v) is 3.94. The van der Waals surface area contributed by atoms with Gasteiger partial charge in [0.05, 0.1) is 5.03 Å². The van der Waals surface area contributed by atoms with Crippen LogP contribution >= 0.6 is 11.8 Å². The van der Waals surface area contributed by atoms with Crippen LogP contribution in [-0.4, -0.2) is 22.4 Å². The highest BCUT2D eigenvalue weighted by Gasteiger charge is 2.18. The second-order valence-corrected chi connectivity index (χ2v) is 4.96. The number of nitrogens with one attached hydrogen (secondary N) is 1. The van der Waals surface area contributed by atoms with Crippen LogP contribution in [0.1, 0.15) is 11.3 Å². The first-order valence-corrected chi connectivity index (χ1v) is 6.75.